The molecule has 6 heteroatoms. The van der Waals surface area contributed by atoms with Crippen LogP contribution in [-0.4, -0.2) is 25.7 Å². The number of methoxy groups -OCH3 is 2. The molecule has 1 aliphatic rings. The molecule has 0 atom stereocenters. The molecule has 0 aromatic heterocycles. The third kappa shape index (κ3) is 3.04. The van der Waals surface area contributed by atoms with Crippen LogP contribution in [0.25, 0.3) is 0 Å². The van der Waals surface area contributed by atoms with Crippen molar-refractivity contribution >= 4 is 11.4 Å². The van der Waals surface area contributed by atoms with E-state index < -0.39 is 4.92 Å². The molecule has 0 amide bonds. The maximum atomic E-state index is 11.2. The summed E-state index contributed by atoms with van der Waals surface area (Å²) in [6.07, 6.45) is 2.33. The van der Waals surface area contributed by atoms with Gasteiger partial charge in [0.05, 0.1) is 25.2 Å². The van der Waals surface area contributed by atoms with E-state index in [-0.39, 0.29) is 11.1 Å². The summed E-state index contributed by atoms with van der Waals surface area (Å²) >= 11 is 0. The molecule has 1 N–H and O–H groups in total. The van der Waals surface area contributed by atoms with Crippen LogP contribution in [0.15, 0.2) is 12.1 Å². The van der Waals surface area contributed by atoms with Crippen molar-refractivity contribution in [2.75, 3.05) is 26.1 Å². The summed E-state index contributed by atoms with van der Waals surface area (Å²) in [6.45, 7) is 5.12. The van der Waals surface area contributed by atoms with Gasteiger partial charge in [-0.25, -0.2) is 0 Å². The van der Waals surface area contributed by atoms with Crippen LogP contribution in [0, 0.1) is 21.4 Å². The Hall–Kier alpha value is -1.98. The molecule has 1 saturated carbocycles. The lowest BCUT2D eigenvalue weighted by molar-refractivity contribution is -0.384. The van der Waals surface area contributed by atoms with Crippen molar-refractivity contribution in [3.8, 4) is 11.5 Å². The fourth-order valence-corrected chi connectivity index (χ4v) is 2.55. The zero-order valence-corrected chi connectivity index (χ0v) is 12.9. The number of hydrogen-bond donors (Lipinski definition) is 1. The second-order valence-electron chi connectivity index (χ2n) is 5.85. The molecule has 6 nitrogen and oxygen atoms in total. The smallest absolute Gasteiger partial charge is 0.296 e. The molecule has 0 bridgehead atoms. The van der Waals surface area contributed by atoms with Gasteiger partial charge in [-0.05, 0) is 24.2 Å². The molecule has 116 valence electrons. The fraction of sp³-hybridized carbons (Fsp3) is 0.600. The Labute approximate surface area is 124 Å². The van der Waals surface area contributed by atoms with Crippen LogP contribution in [0.1, 0.15) is 26.7 Å². The highest BCUT2D eigenvalue weighted by molar-refractivity contribution is 5.68. The summed E-state index contributed by atoms with van der Waals surface area (Å²) in [5, 5.41) is 14.5. The van der Waals surface area contributed by atoms with E-state index in [9.17, 15) is 10.1 Å². The molecule has 1 fully saturated rings. The molecule has 0 saturated heterocycles. The Morgan fingerprint density at radius 1 is 1.29 bits per heavy atom. The number of rotatable bonds is 7. The van der Waals surface area contributed by atoms with Crippen molar-refractivity contribution in [1.29, 1.82) is 0 Å². The summed E-state index contributed by atoms with van der Waals surface area (Å²) in [5.41, 5.74) is 0.748. The van der Waals surface area contributed by atoms with E-state index in [1.807, 2.05) is 0 Å². The molecule has 0 unspecified atom stereocenters. The molecule has 0 radical (unpaired) electrons. The Balaban J connectivity index is 2.26. The Morgan fingerprint density at radius 3 is 2.29 bits per heavy atom. The zero-order chi connectivity index (χ0) is 15.6. The maximum absolute atomic E-state index is 11.2. The van der Waals surface area contributed by atoms with Gasteiger partial charge in [-0.1, -0.05) is 13.8 Å². The minimum Gasteiger partial charge on any atom is -0.493 e. The largest absolute Gasteiger partial charge is 0.493 e. The third-order valence-electron chi connectivity index (χ3n) is 4.45. The predicted molar refractivity (Wildman–Crippen MR) is 81.2 cm³/mol. The first-order valence-corrected chi connectivity index (χ1v) is 7.08. The topological polar surface area (TPSA) is 73.6 Å². The predicted octanol–water partition coefficient (Wildman–Crippen LogP) is 3.46. The van der Waals surface area contributed by atoms with Gasteiger partial charge in [-0.2, -0.15) is 0 Å². The molecule has 0 heterocycles. The van der Waals surface area contributed by atoms with Crippen LogP contribution in [0.3, 0.4) is 0 Å². The van der Waals surface area contributed by atoms with Gasteiger partial charge < -0.3 is 14.8 Å². The van der Waals surface area contributed by atoms with Gasteiger partial charge in [0, 0.05) is 12.6 Å². The normalized spacial score (nSPS) is 15.7. The van der Waals surface area contributed by atoms with E-state index in [2.05, 4.69) is 19.2 Å². The number of anilines is 1. The molecule has 1 aromatic rings. The van der Waals surface area contributed by atoms with Crippen LogP contribution in [0.2, 0.25) is 0 Å². The van der Waals surface area contributed by atoms with Crippen LogP contribution in [0.4, 0.5) is 11.4 Å². The average molecular weight is 294 g/mol. The van der Waals surface area contributed by atoms with Gasteiger partial charge in [-0.3, -0.25) is 10.1 Å². The number of nitro groups is 1. The van der Waals surface area contributed by atoms with E-state index in [4.69, 9.17) is 9.47 Å². The van der Waals surface area contributed by atoms with Crippen molar-refractivity contribution < 1.29 is 14.4 Å². The van der Waals surface area contributed by atoms with Crippen molar-refractivity contribution in [2.45, 2.75) is 26.7 Å². The van der Waals surface area contributed by atoms with Gasteiger partial charge in [0.1, 0.15) is 5.69 Å². The zero-order valence-electron chi connectivity index (χ0n) is 12.9. The lowest BCUT2D eigenvalue weighted by atomic mass is 9.92. The van der Waals surface area contributed by atoms with Gasteiger partial charge in [-0.15, -0.1) is 0 Å². The van der Waals surface area contributed by atoms with E-state index in [1.54, 1.807) is 6.07 Å². The van der Waals surface area contributed by atoms with Crippen LogP contribution >= 0.6 is 0 Å². The highest BCUT2D eigenvalue weighted by atomic mass is 16.6. The van der Waals surface area contributed by atoms with Crippen LogP contribution in [-0.2, 0) is 0 Å². The Morgan fingerprint density at radius 2 is 1.86 bits per heavy atom. The van der Waals surface area contributed by atoms with Crippen molar-refractivity contribution in [1.82, 2.24) is 0 Å². The standard InChI is InChI=1S/C15H22N2O4/c1-10(2)15(5-6-15)9-16-11-7-13(20-3)14(21-4)8-12(11)17(18)19/h7-8,10,16H,5-6,9H2,1-4H3. The fourth-order valence-electron chi connectivity index (χ4n) is 2.55. The molecule has 1 aliphatic carbocycles. The highest BCUT2D eigenvalue weighted by Crippen LogP contribution is 2.52. The number of nitrogens with zero attached hydrogens (tertiary/aromatic N) is 1. The van der Waals surface area contributed by atoms with E-state index in [0.717, 1.165) is 6.54 Å². The number of hydrogen-bond acceptors (Lipinski definition) is 5. The first-order chi connectivity index (χ1) is 9.93. The number of ether oxygens (including phenoxy) is 2. The van der Waals surface area contributed by atoms with Gasteiger partial charge in [0.25, 0.3) is 5.69 Å². The molecule has 0 aliphatic heterocycles. The SMILES string of the molecule is COc1cc(NCC2(C(C)C)CC2)c([N+](=O)[O-])cc1OC. The second kappa shape index (κ2) is 5.79. The van der Waals surface area contributed by atoms with Crippen LogP contribution in [0.5, 0.6) is 11.5 Å². The lowest BCUT2D eigenvalue weighted by Crippen LogP contribution is -2.21. The number of benzene rings is 1. The maximum Gasteiger partial charge on any atom is 0.296 e. The lowest BCUT2D eigenvalue weighted by Gasteiger charge is -2.21. The third-order valence-corrected chi connectivity index (χ3v) is 4.45. The van der Waals surface area contributed by atoms with E-state index in [0.29, 0.717) is 23.1 Å². The first-order valence-electron chi connectivity index (χ1n) is 7.08. The van der Waals surface area contributed by atoms with Crippen LogP contribution < -0.4 is 14.8 Å². The minimum atomic E-state index is -0.404. The molecule has 1 aromatic carbocycles. The monoisotopic (exact) mass is 294 g/mol. The number of nitro benzene ring substituents is 1. The van der Waals surface area contributed by atoms with Gasteiger partial charge in [0.15, 0.2) is 11.5 Å². The second-order valence-corrected chi connectivity index (χ2v) is 5.85. The Bertz CT molecular complexity index is 539. The summed E-state index contributed by atoms with van der Waals surface area (Å²) in [4.78, 5) is 10.8. The molecule has 0 spiro atoms. The Kier molecular flexibility index (Phi) is 4.25. The summed E-state index contributed by atoms with van der Waals surface area (Å²) < 4.78 is 10.3. The van der Waals surface area contributed by atoms with E-state index in [1.165, 1.54) is 33.1 Å². The summed E-state index contributed by atoms with van der Waals surface area (Å²) in [7, 11) is 2.98. The minimum absolute atomic E-state index is 0.00667. The average Bonchev–Trinajstić information content (AvgIpc) is 3.25. The van der Waals surface area contributed by atoms with Crippen molar-refractivity contribution in [3.05, 3.63) is 22.2 Å². The summed E-state index contributed by atoms with van der Waals surface area (Å²) in [5.74, 6) is 1.41. The summed E-state index contributed by atoms with van der Waals surface area (Å²) in [6, 6.07) is 3.03. The molecule has 2 rings (SSSR count). The first kappa shape index (κ1) is 15.4. The quantitative estimate of drug-likeness (QED) is 0.615. The number of nitrogens with one attached hydrogen (secondary N) is 1. The molecular weight excluding hydrogens is 272 g/mol. The highest BCUT2D eigenvalue weighted by Gasteiger charge is 2.45. The van der Waals surface area contributed by atoms with Crippen molar-refractivity contribution in [3.63, 3.8) is 0 Å². The molecule has 21 heavy (non-hydrogen) atoms. The van der Waals surface area contributed by atoms with Crippen molar-refractivity contribution in [2.24, 2.45) is 11.3 Å². The van der Waals surface area contributed by atoms with E-state index >= 15 is 0 Å². The van der Waals surface area contributed by atoms with Gasteiger partial charge in [0.2, 0.25) is 0 Å². The molecular formula is C15H22N2O4. The van der Waals surface area contributed by atoms with Gasteiger partial charge >= 0.3 is 0 Å².